The van der Waals surface area contributed by atoms with Gasteiger partial charge in [0.15, 0.2) is 0 Å². The third kappa shape index (κ3) is 4.47. The van der Waals surface area contributed by atoms with Crippen LogP contribution in [0.2, 0.25) is 0 Å². The normalized spacial score (nSPS) is 12.0. The van der Waals surface area contributed by atoms with Gasteiger partial charge in [-0.15, -0.1) is 13.2 Å². The summed E-state index contributed by atoms with van der Waals surface area (Å²) in [7, 11) is 0. The van der Waals surface area contributed by atoms with Crippen LogP contribution in [0.25, 0.3) is 11.1 Å². The summed E-state index contributed by atoms with van der Waals surface area (Å²) in [6.07, 6.45) is -4.85. The number of nitrogens with two attached hydrogens (primary N) is 1. The number of nitrogens with one attached hydrogen (secondary N) is 1. The number of hydrazine groups is 1. The van der Waals surface area contributed by atoms with Gasteiger partial charge in [0, 0.05) is 11.1 Å². The molecule has 3 aromatic carbocycles. The zero-order chi connectivity index (χ0) is 20.1. The van der Waals surface area contributed by atoms with Crippen molar-refractivity contribution in [3.63, 3.8) is 0 Å². The lowest BCUT2D eigenvalue weighted by molar-refractivity contribution is -0.274. The van der Waals surface area contributed by atoms with Crippen molar-refractivity contribution < 1.29 is 22.3 Å². The molecule has 0 saturated heterocycles. The first kappa shape index (κ1) is 19.4. The molecule has 3 aromatic rings. The molecule has 8 heteroatoms. The third-order valence-electron chi connectivity index (χ3n) is 3.81. The molecule has 0 heterocycles. The maximum absolute atomic E-state index is 14.0. The van der Waals surface area contributed by atoms with E-state index in [1.807, 2.05) is 0 Å². The van der Waals surface area contributed by atoms with Gasteiger partial charge in [0.1, 0.15) is 23.1 Å². The first-order valence-electron chi connectivity index (χ1n) is 8.13. The highest BCUT2D eigenvalue weighted by molar-refractivity contribution is 6.05. The molecule has 0 aliphatic heterocycles. The monoisotopic (exact) mass is 389 g/mol. The summed E-state index contributed by atoms with van der Waals surface area (Å²) in [5, 5.41) is 0. The summed E-state index contributed by atoms with van der Waals surface area (Å²) < 4.78 is 56.4. The van der Waals surface area contributed by atoms with E-state index >= 15 is 0 Å². The van der Waals surface area contributed by atoms with Crippen LogP contribution in [0, 0.1) is 5.82 Å². The van der Waals surface area contributed by atoms with Crippen molar-refractivity contribution in [1.82, 2.24) is 5.43 Å². The molecule has 4 nitrogen and oxygen atoms in total. The van der Waals surface area contributed by atoms with Crippen molar-refractivity contribution >= 4 is 11.5 Å². The molecular weight excluding hydrogens is 374 g/mol. The molecule has 0 aliphatic carbocycles. The Morgan fingerprint density at radius 3 is 2.14 bits per heavy atom. The van der Waals surface area contributed by atoms with Gasteiger partial charge in [0.2, 0.25) is 0 Å². The Bertz CT molecular complexity index is 1000. The predicted octanol–water partition coefficient (Wildman–Crippen LogP) is 4.93. The summed E-state index contributed by atoms with van der Waals surface area (Å²) in [5.41, 5.74) is 3.38. The van der Waals surface area contributed by atoms with Crippen LogP contribution in [0.1, 0.15) is 5.56 Å². The standard InChI is InChI=1S/C20H15F4N3O/c21-16-10-4-5-11-17(16)26-19(27-25)15-9-2-1-7-13(15)14-8-3-6-12-18(14)28-20(22,23)24/h1-12H,25H2,(H,26,27). The predicted molar refractivity (Wildman–Crippen MR) is 98.5 cm³/mol. The molecule has 0 aromatic heterocycles. The third-order valence-corrected chi connectivity index (χ3v) is 3.81. The highest BCUT2D eigenvalue weighted by Gasteiger charge is 2.32. The van der Waals surface area contributed by atoms with E-state index in [4.69, 9.17) is 5.84 Å². The number of nitrogens with zero attached hydrogens (tertiary/aromatic N) is 1. The van der Waals surface area contributed by atoms with E-state index < -0.39 is 12.2 Å². The van der Waals surface area contributed by atoms with Gasteiger partial charge in [0.25, 0.3) is 0 Å². The Morgan fingerprint density at radius 1 is 0.857 bits per heavy atom. The fourth-order valence-electron chi connectivity index (χ4n) is 2.66. The number of benzene rings is 3. The summed E-state index contributed by atoms with van der Waals surface area (Å²) in [5.74, 6) is 4.73. The van der Waals surface area contributed by atoms with Crippen molar-refractivity contribution in [3.05, 3.63) is 84.2 Å². The molecule has 0 amide bonds. The topological polar surface area (TPSA) is 59.6 Å². The lowest BCUT2D eigenvalue weighted by Crippen LogP contribution is -2.31. The maximum Gasteiger partial charge on any atom is 0.573 e. The molecule has 3 rings (SSSR count). The van der Waals surface area contributed by atoms with Crippen molar-refractivity contribution in [2.45, 2.75) is 6.36 Å². The molecule has 0 spiro atoms. The van der Waals surface area contributed by atoms with Gasteiger partial charge >= 0.3 is 6.36 Å². The number of hydrogen-bond donors (Lipinski definition) is 2. The van der Waals surface area contributed by atoms with E-state index in [-0.39, 0.29) is 22.8 Å². The summed E-state index contributed by atoms with van der Waals surface area (Å²) in [6.45, 7) is 0. The van der Waals surface area contributed by atoms with E-state index in [1.165, 1.54) is 36.4 Å². The Hall–Kier alpha value is -3.39. The molecule has 0 bridgehead atoms. The number of halogens is 4. The largest absolute Gasteiger partial charge is 0.573 e. The van der Waals surface area contributed by atoms with Crippen molar-refractivity contribution in [2.24, 2.45) is 10.8 Å². The number of alkyl halides is 3. The Labute approximate surface area is 158 Å². The number of aliphatic imine (C=N–C) groups is 1. The van der Waals surface area contributed by atoms with Gasteiger partial charge in [-0.05, 0) is 23.8 Å². The Balaban J connectivity index is 2.14. The van der Waals surface area contributed by atoms with Gasteiger partial charge in [-0.3, -0.25) is 0 Å². The smallest absolute Gasteiger partial charge is 0.405 e. The van der Waals surface area contributed by atoms with Gasteiger partial charge in [-0.25, -0.2) is 15.2 Å². The van der Waals surface area contributed by atoms with Crippen molar-refractivity contribution in [2.75, 3.05) is 0 Å². The summed E-state index contributed by atoms with van der Waals surface area (Å²) >= 11 is 0. The number of hydrogen-bond acceptors (Lipinski definition) is 3. The van der Waals surface area contributed by atoms with Crippen LogP contribution in [0.3, 0.4) is 0 Å². The highest BCUT2D eigenvalue weighted by Crippen LogP contribution is 2.35. The van der Waals surface area contributed by atoms with Crippen LogP contribution in [-0.4, -0.2) is 12.2 Å². The van der Waals surface area contributed by atoms with Gasteiger partial charge < -0.3 is 10.2 Å². The van der Waals surface area contributed by atoms with E-state index in [1.54, 1.807) is 36.4 Å². The quantitative estimate of drug-likeness (QED) is 0.219. The number of amidine groups is 1. The minimum atomic E-state index is -4.85. The first-order valence-corrected chi connectivity index (χ1v) is 8.13. The zero-order valence-corrected chi connectivity index (χ0v) is 14.4. The van der Waals surface area contributed by atoms with Crippen LogP contribution < -0.4 is 16.0 Å². The molecule has 0 radical (unpaired) electrons. The van der Waals surface area contributed by atoms with E-state index in [9.17, 15) is 17.6 Å². The average molecular weight is 389 g/mol. The fourth-order valence-corrected chi connectivity index (χ4v) is 2.66. The average Bonchev–Trinajstić information content (AvgIpc) is 2.67. The first-order chi connectivity index (χ1) is 13.4. The second kappa shape index (κ2) is 8.10. The van der Waals surface area contributed by atoms with Crippen LogP contribution in [0.4, 0.5) is 23.2 Å². The summed E-state index contributed by atoms with van der Waals surface area (Å²) in [6, 6.07) is 18.1. The van der Waals surface area contributed by atoms with Crippen LogP contribution in [0.15, 0.2) is 77.8 Å². The fraction of sp³-hybridized carbons (Fsp3) is 0.0500. The lowest BCUT2D eigenvalue weighted by Gasteiger charge is -2.16. The van der Waals surface area contributed by atoms with Crippen LogP contribution >= 0.6 is 0 Å². The second-order valence-electron chi connectivity index (χ2n) is 5.65. The minimum absolute atomic E-state index is 0.0325. The molecule has 0 unspecified atom stereocenters. The van der Waals surface area contributed by atoms with Crippen molar-refractivity contribution in [3.8, 4) is 16.9 Å². The van der Waals surface area contributed by atoms with Gasteiger partial charge in [-0.2, -0.15) is 0 Å². The van der Waals surface area contributed by atoms with Gasteiger partial charge in [-0.1, -0.05) is 54.6 Å². The number of rotatable bonds is 4. The number of ether oxygens (including phenoxy) is 1. The van der Waals surface area contributed by atoms with Crippen LogP contribution in [-0.2, 0) is 0 Å². The second-order valence-corrected chi connectivity index (χ2v) is 5.65. The Kier molecular flexibility index (Phi) is 5.60. The lowest BCUT2D eigenvalue weighted by atomic mass is 9.98. The molecule has 0 fully saturated rings. The molecule has 28 heavy (non-hydrogen) atoms. The van der Waals surface area contributed by atoms with E-state index in [2.05, 4.69) is 15.2 Å². The Morgan fingerprint density at radius 2 is 1.46 bits per heavy atom. The zero-order valence-electron chi connectivity index (χ0n) is 14.4. The molecule has 0 aliphatic rings. The minimum Gasteiger partial charge on any atom is -0.405 e. The molecular formula is C20H15F4N3O. The molecule has 0 atom stereocenters. The molecule has 144 valence electrons. The van der Waals surface area contributed by atoms with Crippen LogP contribution in [0.5, 0.6) is 5.75 Å². The summed E-state index contributed by atoms with van der Waals surface area (Å²) in [4.78, 5) is 4.18. The van der Waals surface area contributed by atoms with E-state index in [0.717, 1.165) is 0 Å². The molecule has 3 N–H and O–H groups in total. The number of para-hydroxylation sites is 2. The molecule has 0 saturated carbocycles. The van der Waals surface area contributed by atoms with Crippen molar-refractivity contribution in [1.29, 1.82) is 0 Å². The SMILES string of the molecule is NNC(=Nc1ccccc1F)c1ccccc1-c1ccccc1OC(F)(F)F. The van der Waals surface area contributed by atoms with E-state index in [0.29, 0.717) is 11.1 Å². The highest BCUT2D eigenvalue weighted by atomic mass is 19.4. The maximum atomic E-state index is 14.0. The van der Waals surface area contributed by atoms with Gasteiger partial charge in [0.05, 0.1) is 0 Å².